The van der Waals surface area contributed by atoms with E-state index in [2.05, 4.69) is 6.58 Å². The molecule has 0 aliphatic heterocycles. The Kier molecular flexibility index (Phi) is 7.43. The van der Waals surface area contributed by atoms with Crippen molar-refractivity contribution in [3.8, 4) is 0 Å². The van der Waals surface area contributed by atoms with E-state index in [-0.39, 0.29) is 19.1 Å². The van der Waals surface area contributed by atoms with Gasteiger partial charge in [0, 0.05) is 7.11 Å². The molecule has 0 bridgehead atoms. The van der Waals surface area contributed by atoms with Crippen LogP contribution in [0.1, 0.15) is 35.1 Å². The third kappa shape index (κ3) is 4.19. The van der Waals surface area contributed by atoms with Crippen LogP contribution < -0.4 is 0 Å². The summed E-state index contributed by atoms with van der Waals surface area (Å²) in [6, 6.07) is 16.1. The number of hydrogen-bond donors (Lipinski definition) is 0. The lowest BCUT2D eigenvalue weighted by molar-refractivity contribution is -0.166. The Bertz CT molecular complexity index is 873. The molecular formula is C25H30O5. The van der Waals surface area contributed by atoms with Gasteiger partial charge in [-0.1, -0.05) is 60.7 Å². The second-order valence-corrected chi connectivity index (χ2v) is 7.32. The van der Waals surface area contributed by atoms with Gasteiger partial charge >= 0.3 is 5.97 Å². The lowest BCUT2D eigenvalue weighted by Crippen LogP contribution is -2.47. The summed E-state index contributed by atoms with van der Waals surface area (Å²) in [5, 5.41) is 0. The Morgan fingerprint density at radius 3 is 2.43 bits per heavy atom. The van der Waals surface area contributed by atoms with Gasteiger partial charge in [-0.3, -0.25) is 0 Å². The van der Waals surface area contributed by atoms with Crippen molar-refractivity contribution < 1.29 is 23.7 Å². The maximum absolute atomic E-state index is 13.4. The summed E-state index contributed by atoms with van der Waals surface area (Å²) in [6.45, 7) is 9.94. The molecular weight excluding hydrogens is 380 g/mol. The number of rotatable bonds is 10. The average molecular weight is 411 g/mol. The summed E-state index contributed by atoms with van der Waals surface area (Å²) < 4.78 is 22.4. The van der Waals surface area contributed by atoms with Gasteiger partial charge in [0.2, 0.25) is 5.60 Å². The number of carbonyl (C=O) groups excluding carboxylic acids is 1. The average Bonchev–Trinajstić information content (AvgIpc) is 3.01. The number of methoxy groups -OCH3 is 1. The van der Waals surface area contributed by atoms with Crippen molar-refractivity contribution in [1.29, 1.82) is 0 Å². The van der Waals surface area contributed by atoms with Crippen molar-refractivity contribution in [2.24, 2.45) is 0 Å². The Hall–Kier alpha value is -2.47. The number of esters is 1. The van der Waals surface area contributed by atoms with E-state index in [1.54, 1.807) is 14.0 Å². The Labute approximate surface area is 178 Å². The molecule has 2 aromatic carbocycles. The van der Waals surface area contributed by atoms with Gasteiger partial charge in [-0.15, -0.1) is 0 Å². The van der Waals surface area contributed by atoms with Crippen molar-refractivity contribution >= 4 is 11.5 Å². The number of ether oxygens (including phenoxy) is 4. The molecule has 0 radical (unpaired) electrons. The molecule has 0 heterocycles. The number of benzene rings is 2. The Balaban J connectivity index is 2.01. The first kappa shape index (κ1) is 22.2. The summed E-state index contributed by atoms with van der Waals surface area (Å²) in [7, 11) is 1.63. The van der Waals surface area contributed by atoms with Crippen LogP contribution in [0.5, 0.6) is 0 Å². The van der Waals surface area contributed by atoms with E-state index in [4.69, 9.17) is 18.9 Å². The largest absolute Gasteiger partial charge is 0.464 e. The second kappa shape index (κ2) is 10.0. The topological polar surface area (TPSA) is 54.0 Å². The van der Waals surface area contributed by atoms with Gasteiger partial charge in [-0.25, -0.2) is 4.79 Å². The molecule has 0 spiro atoms. The Morgan fingerprint density at radius 1 is 1.03 bits per heavy atom. The van der Waals surface area contributed by atoms with Gasteiger partial charge in [-0.05, 0) is 36.1 Å². The maximum atomic E-state index is 13.4. The van der Waals surface area contributed by atoms with Crippen molar-refractivity contribution in [1.82, 2.24) is 0 Å². The molecule has 0 aromatic heterocycles. The molecule has 0 saturated carbocycles. The zero-order valence-corrected chi connectivity index (χ0v) is 18.0. The molecule has 0 fully saturated rings. The van der Waals surface area contributed by atoms with Crippen LogP contribution in [-0.2, 0) is 23.7 Å². The maximum Gasteiger partial charge on any atom is 0.344 e. The van der Waals surface area contributed by atoms with Gasteiger partial charge in [0.15, 0.2) is 0 Å². The fraction of sp³-hybridized carbons (Fsp3) is 0.400. The highest BCUT2D eigenvalue weighted by molar-refractivity contribution is 6.02. The fourth-order valence-electron chi connectivity index (χ4n) is 4.00. The Morgan fingerprint density at radius 2 is 1.73 bits per heavy atom. The third-order valence-corrected chi connectivity index (χ3v) is 5.43. The smallest absolute Gasteiger partial charge is 0.344 e. The minimum absolute atomic E-state index is 0.234. The van der Waals surface area contributed by atoms with Gasteiger partial charge in [-0.2, -0.15) is 0 Å². The summed E-state index contributed by atoms with van der Waals surface area (Å²) in [5.74, 6) is -0.770. The van der Waals surface area contributed by atoms with Crippen molar-refractivity contribution in [3.63, 3.8) is 0 Å². The molecule has 5 nitrogen and oxygen atoms in total. The molecule has 1 aliphatic rings. The predicted octanol–water partition coefficient (Wildman–Crippen LogP) is 4.14. The highest BCUT2D eigenvalue weighted by Gasteiger charge is 2.57. The normalized spacial score (nSPS) is 20.2. The minimum atomic E-state index is -1.33. The zero-order chi connectivity index (χ0) is 21.6. The lowest BCUT2D eigenvalue weighted by atomic mass is 9.80. The van der Waals surface area contributed by atoms with Crippen molar-refractivity contribution in [2.75, 3.05) is 40.1 Å². The van der Waals surface area contributed by atoms with Crippen LogP contribution >= 0.6 is 0 Å². The molecule has 2 aromatic rings. The minimum Gasteiger partial charge on any atom is -0.464 e. The van der Waals surface area contributed by atoms with E-state index in [0.717, 1.165) is 22.3 Å². The monoisotopic (exact) mass is 410 g/mol. The molecule has 2 atom stereocenters. The molecule has 5 heteroatoms. The number of hydrogen-bond acceptors (Lipinski definition) is 5. The first-order valence-corrected chi connectivity index (χ1v) is 10.3. The molecule has 160 valence electrons. The highest BCUT2D eigenvalue weighted by atomic mass is 16.6. The van der Waals surface area contributed by atoms with E-state index >= 15 is 0 Å². The van der Waals surface area contributed by atoms with Gasteiger partial charge in [0.1, 0.15) is 0 Å². The fourth-order valence-corrected chi connectivity index (χ4v) is 4.00. The standard InChI is InChI=1S/C25H30O5/c1-5-29-24(26)25(30-17-16-28-15-14-27-4)19(3)21-8-6-7-9-22(21)23(25)20-12-10-18(2)11-13-20/h6-13,23H,3,5,14-17H2,1-2,4H3. The molecule has 0 saturated heterocycles. The summed E-state index contributed by atoms with van der Waals surface area (Å²) in [6.07, 6.45) is 0. The highest BCUT2D eigenvalue weighted by Crippen LogP contribution is 2.54. The van der Waals surface area contributed by atoms with Gasteiger partial charge < -0.3 is 18.9 Å². The van der Waals surface area contributed by atoms with Crippen LogP contribution in [-0.4, -0.2) is 51.7 Å². The van der Waals surface area contributed by atoms with E-state index in [0.29, 0.717) is 25.4 Å². The van der Waals surface area contributed by atoms with E-state index in [1.807, 2.05) is 55.5 Å². The molecule has 3 rings (SSSR count). The van der Waals surface area contributed by atoms with E-state index in [9.17, 15) is 4.79 Å². The van der Waals surface area contributed by atoms with E-state index in [1.165, 1.54) is 0 Å². The van der Waals surface area contributed by atoms with E-state index < -0.39 is 11.6 Å². The number of aryl methyl sites for hydroxylation is 1. The van der Waals surface area contributed by atoms with Crippen LogP contribution in [0.25, 0.3) is 5.57 Å². The number of carbonyl (C=O) groups is 1. The second-order valence-electron chi connectivity index (χ2n) is 7.32. The summed E-state index contributed by atoms with van der Waals surface area (Å²) >= 11 is 0. The SMILES string of the molecule is C=C1c2ccccc2C(c2ccc(C)cc2)C1(OCCOCCOC)C(=O)OCC. The molecule has 2 unspecified atom stereocenters. The zero-order valence-electron chi connectivity index (χ0n) is 18.0. The summed E-state index contributed by atoms with van der Waals surface area (Å²) in [4.78, 5) is 13.4. The third-order valence-electron chi connectivity index (χ3n) is 5.43. The predicted molar refractivity (Wildman–Crippen MR) is 117 cm³/mol. The lowest BCUT2D eigenvalue weighted by Gasteiger charge is -2.35. The van der Waals surface area contributed by atoms with Crippen LogP contribution in [0, 0.1) is 6.92 Å². The van der Waals surface area contributed by atoms with Crippen molar-refractivity contribution in [3.05, 3.63) is 77.4 Å². The van der Waals surface area contributed by atoms with Crippen LogP contribution in [0.2, 0.25) is 0 Å². The van der Waals surface area contributed by atoms with Crippen LogP contribution in [0.15, 0.2) is 55.1 Å². The van der Waals surface area contributed by atoms with Gasteiger partial charge in [0.05, 0.1) is 39.0 Å². The molecule has 0 amide bonds. The molecule has 1 aliphatic carbocycles. The molecule has 30 heavy (non-hydrogen) atoms. The first-order valence-electron chi connectivity index (χ1n) is 10.3. The summed E-state index contributed by atoms with van der Waals surface area (Å²) in [5.41, 5.74) is 3.37. The van der Waals surface area contributed by atoms with Crippen LogP contribution in [0.4, 0.5) is 0 Å². The van der Waals surface area contributed by atoms with Crippen molar-refractivity contribution in [2.45, 2.75) is 25.4 Å². The quantitative estimate of drug-likeness (QED) is 0.435. The molecule has 0 N–H and O–H groups in total. The van der Waals surface area contributed by atoms with Gasteiger partial charge in [0.25, 0.3) is 0 Å². The number of fused-ring (bicyclic) bond motifs is 1. The van der Waals surface area contributed by atoms with Crippen LogP contribution in [0.3, 0.4) is 0 Å². The first-order chi connectivity index (χ1) is 14.6.